The van der Waals surface area contributed by atoms with Crippen LogP contribution >= 0.6 is 12.2 Å². The number of hydrogen-bond acceptors (Lipinski definition) is 6. The van der Waals surface area contributed by atoms with Crippen LogP contribution in [0.25, 0.3) is 0 Å². The van der Waals surface area contributed by atoms with Crippen molar-refractivity contribution in [3.05, 3.63) is 29.8 Å². The number of piperidine rings is 1. The van der Waals surface area contributed by atoms with Gasteiger partial charge in [-0.15, -0.1) is 0 Å². The van der Waals surface area contributed by atoms with Crippen molar-refractivity contribution < 1.29 is 9.53 Å². The smallest absolute Gasteiger partial charge is 0.227 e. The minimum atomic E-state index is 0.0952. The van der Waals surface area contributed by atoms with Crippen LogP contribution in [0.1, 0.15) is 50.5 Å². The summed E-state index contributed by atoms with van der Waals surface area (Å²) < 4.78 is 5.74. The number of likely N-dealkylation sites (tertiary alicyclic amines) is 1. The molecule has 160 valence electrons. The van der Waals surface area contributed by atoms with Crippen molar-refractivity contribution in [2.75, 3.05) is 26.9 Å². The summed E-state index contributed by atoms with van der Waals surface area (Å²) in [4.78, 5) is 15.2. The molecule has 2 fully saturated rings. The molecule has 0 aromatic heterocycles. The Morgan fingerprint density at radius 1 is 1.10 bits per heavy atom. The van der Waals surface area contributed by atoms with Crippen molar-refractivity contribution in [2.24, 2.45) is 5.92 Å². The van der Waals surface area contributed by atoms with Gasteiger partial charge in [-0.3, -0.25) is 10.2 Å². The standard InChI is InChI=1S/C22H34N4O2S/c1-26-13-11-19(12-14-26)25-23-16-28-20-9-7-17(8-10-20)15-21(29)24-22(27)18-5-3-2-4-6-18/h7-10,18-19,23,25H,2-6,11-16H2,1H3,(H,24,27,29). The molecule has 1 heterocycles. The van der Waals surface area contributed by atoms with Crippen LogP contribution < -0.4 is 20.9 Å². The van der Waals surface area contributed by atoms with Gasteiger partial charge < -0.3 is 15.0 Å². The highest BCUT2D eigenvalue weighted by Gasteiger charge is 2.21. The number of benzene rings is 1. The molecule has 1 aliphatic heterocycles. The maximum absolute atomic E-state index is 12.3. The van der Waals surface area contributed by atoms with Crippen LogP contribution in [0.15, 0.2) is 24.3 Å². The minimum Gasteiger partial charge on any atom is -0.477 e. The number of rotatable bonds is 8. The molecule has 6 nitrogen and oxygen atoms in total. The molecule has 1 amide bonds. The molecule has 1 aromatic rings. The SMILES string of the molecule is CN1CCC(NNCOc2ccc(CC(=S)NC(=O)C3CCCCC3)cc2)CC1. The van der Waals surface area contributed by atoms with E-state index in [0.29, 0.717) is 24.2 Å². The fourth-order valence-corrected chi connectivity index (χ4v) is 4.26. The number of ether oxygens (including phenoxy) is 1. The highest BCUT2D eigenvalue weighted by Crippen LogP contribution is 2.23. The summed E-state index contributed by atoms with van der Waals surface area (Å²) in [6, 6.07) is 8.38. The van der Waals surface area contributed by atoms with Crippen LogP contribution in [0.2, 0.25) is 0 Å². The van der Waals surface area contributed by atoms with Crippen molar-refractivity contribution in [1.29, 1.82) is 0 Å². The van der Waals surface area contributed by atoms with Gasteiger partial charge in [0, 0.05) is 18.4 Å². The number of carbonyl (C=O) groups is 1. The Morgan fingerprint density at radius 3 is 2.48 bits per heavy atom. The summed E-state index contributed by atoms with van der Waals surface area (Å²) in [6.45, 7) is 2.68. The number of hydrogen-bond donors (Lipinski definition) is 3. The van der Waals surface area contributed by atoms with Gasteiger partial charge >= 0.3 is 0 Å². The molecule has 1 saturated carbocycles. The average molecular weight is 419 g/mol. The van der Waals surface area contributed by atoms with Gasteiger partial charge in [-0.2, -0.15) is 0 Å². The lowest BCUT2D eigenvalue weighted by Crippen LogP contribution is -2.47. The molecule has 7 heteroatoms. The van der Waals surface area contributed by atoms with Gasteiger partial charge in [0.05, 0.1) is 4.99 Å². The summed E-state index contributed by atoms with van der Waals surface area (Å²) >= 11 is 5.38. The van der Waals surface area contributed by atoms with Gasteiger partial charge in [0.15, 0.2) is 6.73 Å². The second-order valence-corrected chi connectivity index (χ2v) is 8.75. The quantitative estimate of drug-likeness (QED) is 0.261. The van der Waals surface area contributed by atoms with Crippen LogP contribution in [-0.2, 0) is 11.2 Å². The molecular formula is C22H34N4O2S. The fraction of sp³-hybridized carbons (Fsp3) is 0.636. The third-order valence-corrected chi connectivity index (χ3v) is 6.11. The molecule has 0 bridgehead atoms. The van der Waals surface area contributed by atoms with Crippen LogP contribution in [0.5, 0.6) is 5.75 Å². The largest absolute Gasteiger partial charge is 0.477 e. The Morgan fingerprint density at radius 2 is 1.79 bits per heavy atom. The topological polar surface area (TPSA) is 65.6 Å². The maximum atomic E-state index is 12.3. The van der Waals surface area contributed by atoms with Crippen molar-refractivity contribution in [3.63, 3.8) is 0 Å². The number of nitrogens with zero attached hydrogens (tertiary/aromatic N) is 1. The van der Waals surface area contributed by atoms with Crippen LogP contribution in [0.4, 0.5) is 0 Å². The minimum absolute atomic E-state index is 0.0952. The zero-order valence-corrected chi connectivity index (χ0v) is 18.2. The molecular weight excluding hydrogens is 384 g/mol. The second kappa shape index (κ2) is 11.6. The van der Waals surface area contributed by atoms with E-state index in [2.05, 4.69) is 28.1 Å². The van der Waals surface area contributed by atoms with Crippen LogP contribution in [0, 0.1) is 5.92 Å². The van der Waals surface area contributed by atoms with E-state index in [0.717, 1.165) is 62.9 Å². The first kappa shape index (κ1) is 22.2. The van der Waals surface area contributed by atoms with E-state index in [1.54, 1.807) is 0 Å². The predicted octanol–water partition coefficient (Wildman–Crippen LogP) is 2.78. The van der Waals surface area contributed by atoms with E-state index >= 15 is 0 Å². The van der Waals surface area contributed by atoms with Crippen molar-refractivity contribution in [1.82, 2.24) is 21.1 Å². The monoisotopic (exact) mass is 418 g/mol. The first-order chi connectivity index (χ1) is 14.1. The summed E-state index contributed by atoms with van der Waals surface area (Å²) in [6.07, 6.45) is 8.38. The number of hydrazine groups is 1. The third-order valence-electron chi connectivity index (χ3n) is 5.86. The van der Waals surface area contributed by atoms with E-state index in [4.69, 9.17) is 17.0 Å². The van der Waals surface area contributed by atoms with Crippen molar-refractivity contribution in [2.45, 2.75) is 57.4 Å². The Kier molecular flexibility index (Phi) is 8.86. The van der Waals surface area contributed by atoms with E-state index in [9.17, 15) is 4.79 Å². The van der Waals surface area contributed by atoms with E-state index in [-0.39, 0.29) is 11.8 Å². The van der Waals surface area contributed by atoms with Gasteiger partial charge in [-0.25, -0.2) is 5.43 Å². The third kappa shape index (κ3) is 7.66. The summed E-state index contributed by atoms with van der Waals surface area (Å²) in [5, 5.41) is 2.93. The molecule has 0 radical (unpaired) electrons. The summed E-state index contributed by atoms with van der Waals surface area (Å²) in [5.74, 6) is 1.04. The lowest BCUT2D eigenvalue weighted by Gasteiger charge is -2.29. The highest BCUT2D eigenvalue weighted by molar-refractivity contribution is 7.80. The van der Waals surface area contributed by atoms with Crippen molar-refractivity contribution in [3.8, 4) is 5.75 Å². The Bertz CT molecular complexity index is 653. The molecule has 1 aliphatic carbocycles. The lowest BCUT2D eigenvalue weighted by molar-refractivity contribution is -0.124. The van der Waals surface area contributed by atoms with E-state index in [1.165, 1.54) is 6.42 Å². The van der Waals surface area contributed by atoms with Crippen LogP contribution in [-0.4, -0.2) is 48.7 Å². The summed E-state index contributed by atoms with van der Waals surface area (Å²) in [5.41, 5.74) is 7.57. The number of nitrogens with one attached hydrogen (secondary N) is 3. The number of amides is 1. The molecule has 3 N–H and O–H groups in total. The zero-order chi connectivity index (χ0) is 20.5. The van der Waals surface area contributed by atoms with E-state index in [1.807, 2.05) is 24.3 Å². The molecule has 0 unspecified atom stereocenters. The predicted molar refractivity (Wildman–Crippen MR) is 120 cm³/mol. The molecule has 29 heavy (non-hydrogen) atoms. The highest BCUT2D eigenvalue weighted by atomic mass is 32.1. The van der Waals surface area contributed by atoms with Gasteiger partial charge in [0.25, 0.3) is 0 Å². The Labute approximate surface area is 179 Å². The lowest BCUT2D eigenvalue weighted by atomic mass is 9.88. The fourth-order valence-electron chi connectivity index (χ4n) is 4.00. The van der Waals surface area contributed by atoms with Crippen LogP contribution in [0.3, 0.4) is 0 Å². The average Bonchev–Trinajstić information content (AvgIpc) is 2.74. The molecule has 2 aliphatic rings. The molecule has 1 saturated heterocycles. The van der Waals surface area contributed by atoms with Gasteiger partial charge in [0.2, 0.25) is 5.91 Å². The zero-order valence-electron chi connectivity index (χ0n) is 17.4. The number of thiocarbonyl (C=S) groups is 1. The molecule has 0 spiro atoms. The Hall–Kier alpha value is -1.54. The first-order valence-electron chi connectivity index (χ1n) is 10.8. The number of carbonyl (C=O) groups excluding carboxylic acids is 1. The van der Waals surface area contributed by atoms with Gasteiger partial charge in [-0.1, -0.05) is 43.6 Å². The van der Waals surface area contributed by atoms with Gasteiger partial charge in [-0.05, 0) is 63.5 Å². The van der Waals surface area contributed by atoms with E-state index < -0.39 is 0 Å². The Balaban J connectivity index is 1.32. The molecule has 3 rings (SSSR count). The maximum Gasteiger partial charge on any atom is 0.227 e. The van der Waals surface area contributed by atoms with Gasteiger partial charge in [0.1, 0.15) is 5.75 Å². The molecule has 1 aromatic carbocycles. The molecule has 0 atom stereocenters. The summed E-state index contributed by atoms with van der Waals surface area (Å²) in [7, 11) is 2.16. The second-order valence-electron chi connectivity index (χ2n) is 8.26. The first-order valence-corrected chi connectivity index (χ1v) is 11.2. The normalized spacial score (nSPS) is 19.1. The van der Waals surface area contributed by atoms with Crippen molar-refractivity contribution >= 4 is 23.1 Å².